The van der Waals surface area contributed by atoms with Gasteiger partial charge in [-0.25, -0.2) is 4.68 Å². The summed E-state index contributed by atoms with van der Waals surface area (Å²) in [6, 6.07) is 20.3. The molecule has 8 heteroatoms. The van der Waals surface area contributed by atoms with Crippen molar-refractivity contribution < 1.29 is 14.3 Å². The third-order valence-corrected chi connectivity index (χ3v) is 6.43. The van der Waals surface area contributed by atoms with Crippen LogP contribution in [0, 0.1) is 13.8 Å². The Hall–Kier alpha value is -4.23. The van der Waals surface area contributed by atoms with Gasteiger partial charge in [0.1, 0.15) is 6.04 Å². The molecule has 0 aliphatic rings. The first-order valence-corrected chi connectivity index (χ1v) is 12.5. The number of rotatable bonds is 8. The molecule has 0 fully saturated rings. The minimum Gasteiger partial charge on any atom is -0.480 e. The summed E-state index contributed by atoms with van der Waals surface area (Å²) in [7, 11) is 1.42. The lowest BCUT2D eigenvalue weighted by atomic mass is 9.98. The molecule has 1 heterocycles. The Balaban J connectivity index is 1.82. The summed E-state index contributed by atoms with van der Waals surface area (Å²) in [5.41, 5.74) is 4.17. The van der Waals surface area contributed by atoms with Crippen LogP contribution in [-0.4, -0.2) is 28.6 Å². The van der Waals surface area contributed by atoms with Gasteiger partial charge in [-0.1, -0.05) is 59.1 Å². The van der Waals surface area contributed by atoms with E-state index in [2.05, 4.69) is 10.4 Å². The zero-order valence-corrected chi connectivity index (χ0v) is 22.4. The second-order valence-corrected chi connectivity index (χ2v) is 9.60. The quantitative estimate of drug-likeness (QED) is 0.291. The molecule has 4 rings (SSSR count). The number of hydrogen-bond acceptors (Lipinski definition) is 5. The normalized spacial score (nSPS) is 11.6. The van der Waals surface area contributed by atoms with Crippen molar-refractivity contribution in [2.24, 2.45) is 0 Å². The number of nitrogens with zero attached hydrogens (tertiary/aromatic N) is 2. The molecular weight excluding hydrogens is 502 g/mol. The van der Waals surface area contributed by atoms with E-state index < -0.39 is 17.5 Å². The molecule has 1 unspecified atom stereocenters. The number of ether oxygens (including phenoxy) is 1. The van der Waals surface area contributed by atoms with E-state index in [0.717, 1.165) is 21.4 Å². The highest BCUT2D eigenvalue weighted by Gasteiger charge is 2.26. The van der Waals surface area contributed by atoms with Crippen LogP contribution in [0.3, 0.4) is 0 Å². The molecule has 194 valence electrons. The second-order valence-electron chi connectivity index (χ2n) is 9.16. The van der Waals surface area contributed by atoms with E-state index in [4.69, 9.17) is 16.3 Å². The van der Waals surface area contributed by atoms with Gasteiger partial charge < -0.3 is 10.1 Å². The fraction of sp³-hybridized carbons (Fsp3) is 0.200. The minimum absolute atomic E-state index is 0.0896. The molecule has 1 aromatic heterocycles. The van der Waals surface area contributed by atoms with Gasteiger partial charge in [0.15, 0.2) is 5.78 Å². The molecule has 0 radical (unpaired) electrons. The Morgan fingerprint density at radius 1 is 0.974 bits per heavy atom. The van der Waals surface area contributed by atoms with Gasteiger partial charge in [0.2, 0.25) is 11.8 Å². The van der Waals surface area contributed by atoms with Crippen LogP contribution >= 0.6 is 11.6 Å². The molecule has 4 aromatic rings. The highest BCUT2D eigenvalue weighted by atomic mass is 35.5. The van der Waals surface area contributed by atoms with Crippen molar-refractivity contribution in [1.29, 1.82) is 0 Å². The van der Waals surface area contributed by atoms with Gasteiger partial charge in [-0.05, 0) is 62.2 Å². The van der Waals surface area contributed by atoms with Crippen LogP contribution < -0.4 is 15.6 Å². The number of Topliss-reactive ketones (excluding diaryl/α,β-unsaturated/α-hetero) is 1. The molecule has 0 saturated heterocycles. The van der Waals surface area contributed by atoms with Crippen molar-refractivity contribution in [3.8, 4) is 17.0 Å². The highest BCUT2D eigenvalue weighted by molar-refractivity contribution is 6.31. The van der Waals surface area contributed by atoms with Gasteiger partial charge >= 0.3 is 0 Å². The lowest BCUT2D eigenvalue weighted by Crippen LogP contribution is -2.36. The third kappa shape index (κ3) is 6.01. The van der Waals surface area contributed by atoms with Crippen molar-refractivity contribution in [2.45, 2.75) is 33.2 Å². The van der Waals surface area contributed by atoms with Crippen LogP contribution in [0.1, 0.15) is 40.0 Å². The monoisotopic (exact) mass is 529 g/mol. The molecule has 3 aromatic carbocycles. The van der Waals surface area contributed by atoms with Crippen molar-refractivity contribution in [3.05, 3.63) is 110 Å². The number of aromatic nitrogens is 2. The molecule has 0 bridgehead atoms. The molecule has 0 saturated carbocycles. The largest absolute Gasteiger partial charge is 0.480 e. The van der Waals surface area contributed by atoms with Gasteiger partial charge in [0.05, 0.1) is 12.7 Å². The van der Waals surface area contributed by atoms with E-state index in [1.54, 1.807) is 30.3 Å². The number of carbonyl (C=O) groups is 2. The van der Waals surface area contributed by atoms with Gasteiger partial charge in [-0.2, -0.15) is 0 Å². The Bertz CT molecular complexity index is 1560. The summed E-state index contributed by atoms with van der Waals surface area (Å²) in [5, 5.41) is 7.76. The molecule has 0 spiro atoms. The summed E-state index contributed by atoms with van der Waals surface area (Å²) in [6.07, 6.45) is 0.227. The number of nitrogens with one attached hydrogen (secondary N) is 1. The van der Waals surface area contributed by atoms with E-state index >= 15 is 0 Å². The van der Waals surface area contributed by atoms with Crippen molar-refractivity contribution in [3.63, 3.8) is 0 Å². The molecular formula is C30H28ClN3O4. The maximum absolute atomic E-state index is 13.6. The number of anilines is 1. The molecule has 7 nitrogen and oxygen atoms in total. The standard InChI is InChI=1S/C30H28ClN3O4/c1-18-8-11-23(12-9-18)32-29(37)27(15-21-7-5-6-19(2)14-21)34-28(36)17-26(30(33-34)38-4)25-16-22(31)10-13-24(25)20(3)35/h5-14,16-17,27H,15H2,1-4H3,(H,32,37). The smallest absolute Gasteiger partial charge is 0.268 e. The lowest BCUT2D eigenvalue weighted by Gasteiger charge is -2.21. The first-order valence-electron chi connectivity index (χ1n) is 12.1. The maximum atomic E-state index is 13.6. The van der Waals surface area contributed by atoms with Gasteiger partial charge in [-0.3, -0.25) is 14.4 Å². The van der Waals surface area contributed by atoms with Crippen molar-refractivity contribution >= 4 is 29.0 Å². The summed E-state index contributed by atoms with van der Waals surface area (Å²) in [4.78, 5) is 39.3. The number of aryl methyl sites for hydroxylation is 2. The second kappa shape index (κ2) is 11.4. The number of methoxy groups -OCH3 is 1. The molecule has 38 heavy (non-hydrogen) atoms. The first-order chi connectivity index (χ1) is 18.2. The van der Waals surface area contributed by atoms with Gasteiger partial charge in [-0.15, -0.1) is 5.10 Å². The molecule has 1 atom stereocenters. The predicted octanol–water partition coefficient (Wildman–Crippen LogP) is 5.81. The maximum Gasteiger partial charge on any atom is 0.268 e. The van der Waals surface area contributed by atoms with E-state index in [1.165, 1.54) is 20.1 Å². The van der Waals surface area contributed by atoms with E-state index in [9.17, 15) is 14.4 Å². The molecule has 0 aliphatic carbocycles. The summed E-state index contributed by atoms with van der Waals surface area (Å²) in [6.45, 7) is 5.35. The third-order valence-electron chi connectivity index (χ3n) is 6.20. The molecule has 0 aliphatic heterocycles. The first kappa shape index (κ1) is 26.8. The molecule has 1 amide bonds. The van der Waals surface area contributed by atoms with Crippen LogP contribution in [0.15, 0.2) is 77.6 Å². The summed E-state index contributed by atoms with van der Waals surface area (Å²) >= 11 is 6.21. The number of benzene rings is 3. The van der Waals surface area contributed by atoms with Crippen molar-refractivity contribution in [1.82, 2.24) is 9.78 Å². The Labute approximate surface area is 226 Å². The van der Waals surface area contributed by atoms with Gasteiger partial charge in [0, 0.05) is 28.8 Å². The van der Waals surface area contributed by atoms with E-state index in [-0.39, 0.29) is 18.1 Å². The zero-order valence-electron chi connectivity index (χ0n) is 21.6. The van der Waals surface area contributed by atoms with Crippen LogP contribution in [-0.2, 0) is 11.2 Å². The number of halogens is 1. The lowest BCUT2D eigenvalue weighted by molar-refractivity contribution is -0.119. The van der Waals surface area contributed by atoms with Crippen LogP contribution in [0.4, 0.5) is 5.69 Å². The number of hydrogen-bond donors (Lipinski definition) is 1. The van der Waals surface area contributed by atoms with E-state index in [0.29, 0.717) is 27.4 Å². The summed E-state index contributed by atoms with van der Waals surface area (Å²) < 4.78 is 6.67. The number of amides is 1. The SMILES string of the molecule is COc1nn(C(Cc2cccc(C)c2)C(=O)Nc2ccc(C)cc2)c(=O)cc1-c1cc(Cl)ccc1C(C)=O. The average molecular weight is 530 g/mol. The van der Waals surface area contributed by atoms with E-state index in [1.807, 2.05) is 50.2 Å². The topological polar surface area (TPSA) is 90.3 Å². The molecule has 1 N–H and O–H groups in total. The fourth-order valence-corrected chi connectivity index (χ4v) is 4.45. The summed E-state index contributed by atoms with van der Waals surface area (Å²) in [5.74, 6) is -0.503. The Morgan fingerprint density at radius 2 is 1.71 bits per heavy atom. The van der Waals surface area contributed by atoms with Crippen LogP contribution in [0.5, 0.6) is 5.88 Å². The van der Waals surface area contributed by atoms with Crippen LogP contribution in [0.25, 0.3) is 11.1 Å². The zero-order chi connectivity index (χ0) is 27.4. The fourth-order valence-electron chi connectivity index (χ4n) is 4.28. The Morgan fingerprint density at radius 3 is 2.37 bits per heavy atom. The highest BCUT2D eigenvalue weighted by Crippen LogP contribution is 2.32. The minimum atomic E-state index is -0.972. The average Bonchev–Trinajstić information content (AvgIpc) is 2.88. The van der Waals surface area contributed by atoms with Gasteiger partial charge in [0.25, 0.3) is 5.56 Å². The van der Waals surface area contributed by atoms with Crippen molar-refractivity contribution in [2.75, 3.05) is 12.4 Å². The predicted molar refractivity (Wildman–Crippen MR) is 149 cm³/mol. The number of ketones is 1. The van der Waals surface area contributed by atoms with Crippen LogP contribution in [0.2, 0.25) is 5.02 Å². The number of carbonyl (C=O) groups excluding carboxylic acids is 2. The Kier molecular flexibility index (Phi) is 8.08.